The molecule has 0 unspecified atom stereocenters. The summed E-state index contributed by atoms with van der Waals surface area (Å²) in [5.74, 6) is 0.892. The third kappa shape index (κ3) is 5.72. The van der Waals surface area contributed by atoms with Crippen LogP contribution in [0.3, 0.4) is 0 Å². The van der Waals surface area contributed by atoms with Gasteiger partial charge in [0, 0.05) is 0 Å². The summed E-state index contributed by atoms with van der Waals surface area (Å²) >= 11 is -1.99. The van der Waals surface area contributed by atoms with Gasteiger partial charge < -0.3 is 0 Å². The number of hydrogen-bond acceptors (Lipinski definition) is 3. The van der Waals surface area contributed by atoms with Crippen molar-refractivity contribution in [3.8, 4) is 5.75 Å². The molecule has 1 aromatic heterocycles. The normalized spacial score (nSPS) is 11.9. The molecule has 1 aromatic rings. The Morgan fingerprint density at radius 3 is 2.41 bits per heavy atom. The molecule has 0 atom stereocenters. The Morgan fingerprint density at radius 1 is 1.24 bits per heavy atom. The van der Waals surface area contributed by atoms with Crippen molar-refractivity contribution in [1.29, 1.82) is 0 Å². The van der Waals surface area contributed by atoms with Crippen molar-refractivity contribution in [3.05, 3.63) is 18.3 Å². The van der Waals surface area contributed by atoms with Crippen molar-refractivity contribution in [2.45, 2.75) is 21.2 Å². The fourth-order valence-electron chi connectivity index (χ4n) is 1.48. The topological polar surface area (TPSA) is 25.4 Å². The first-order chi connectivity index (χ1) is 7.89. The molecule has 96 valence electrons. The Bertz CT molecular complexity index is 330. The van der Waals surface area contributed by atoms with E-state index in [9.17, 15) is 0 Å². The van der Waals surface area contributed by atoms with Crippen molar-refractivity contribution in [3.63, 3.8) is 0 Å². The van der Waals surface area contributed by atoms with E-state index in [2.05, 4.69) is 50.9 Å². The van der Waals surface area contributed by atoms with Gasteiger partial charge in [-0.05, 0) is 0 Å². The van der Waals surface area contributed by atoms with Gasteiger partial charge in [-0.3, -0.25) is 0 Å². The van der Waals surface area contributed by atoms with Gasteiger partial charge in [-0.15, -0.1) is 0 Å². The summed E-state index contributed by atoms with van der Waals surface area (Å²) in [5.41, 5.74) is 0. The fourth-order valence-corrected chi connectivity index (χ4v) is 4.43. The molecule has 0 aliphatic rings. The van der Waals surface area contributed by atoms with Gasteiger partial charge in [0.1, 0.15) is 0 Å². The molecule has 0 fully saturated rings. The predicted octanol–water partition coefficient (Wildman–Crippen LogP) is 1.96. The number of pyridine rings is 1. The van der Waals surface area contributed by atoms with Crippen molar-refractivity contribution in [1.82, 2.24) is 9.88 Å². The first kappa shape index (κ1) is 14.8. The Morgan fingerprint density at radius 2 is 1.94 bits per heavy atom. The third-order valence-electron chi connectivity index (χ3n) is 2.52. The van der Waals surface area contributed by atoms with Crippen LogP contribution in [0.15, 0.2) is 18.3 Å². The molecule has 0 saturated carbocycles. The molecule has 4 heteroatoms. The van der Waals surface area contributed by atoms with Gasteiger partial charge in [-0.25, -0.2) is 0 Å². The summed E-state index contributed by atoms with van der Waals surface area (Å²) in [6.45, 7) is 1.82. The van der Waals surface area contributed by atoms with Crippen LogP contribution >= 0.6 is 0 Å². The summed E-state index contributed by atoms with van der Waals surface area (Å²) in [5, 5.41) is 0. The minimum atomic E-state index is -1.99. The van der Waals surface area contributed by atoms with Gasteiger partial charge >= 0.3 is 109 Å². The van der Waals surface area contributed by atoms with Crippen LogP contribution in [0, 0.1) is 0 Å². The second-order valence-electron chi connectivity index (χ2n) is 5.63. The van der Waals surface area contributed by atoms with Crippen molar-refractivity contribution < 1.29 is 4.74 Å². The fraction of sp³-hybridized carbons (Fsp3) is 0.615. The quantitative estimate of drug-likeness (QED) is 0.583. The van der Waals surface area contributed by atoms with Crippen LogP contribution in [-0.2, 0) is 0 Å². The van der Waals surface area contributed by atoms with E-state index in [-0.39, 0.29) is 0 Å². The van der Waals surface area contributed by atoms with Crippen LogP contribution in [0.5, 0.6) is 5.75 Å². The first-order valence-corrected chi connectivity index (χ1v) is 16.1. The second kappa shape index (κ2) is 6.59. The van der Waals surface area contributed by atoms with Gasteiger partial charge in [0.25, 0.3) is 0 Å². The summed E-state index contributed by atoms with van der Waals surface area (Å²) in [6, 6.07) is 4.19. The van der Waals surface area contributed by atoms with E-state index in [1.165, 1.54) is 3.71 Å². The van der Waals surface area contributed by atoms with Crippen molar-refractivity contribution in [2.24, 2.45) is 0 Å². The Balaban J connectivity index is 2.41. The van der Waals surface area contributed by atoms with E-state index in [4.69, 9.17) is 4.74 Å². The molecule has 17 heavy (non-hydrogen) atoms. The molecule has 0 spiro atoms. The van der Waals surface area contributed by atoms with E-state index < -0.39 is 18.4 Å². The number of rotatable bonds is 6. The van der Waals surface area contributed by atoms with E-state index >= 15 is 0 Å². The Labute approximate surface area is 109 Å². The maximum absolute atomic E-state index is 5.66. The zero-order chi connectivity index (χ0) is 12.9. The number of ether oxygens (including phenoxy) is 1. The summed E-state index contributed by atoms with van der Waals surface area (Å²) < 4.78 is 6.96. The zero-order valence-corrected chi connectivity index (χ0v) is 14.5. The maximum atomic E-state index is 5.66. The monoisotopic (exact) mass is 344 g/mol. The van der Waals surface area contributed by atoms with Crippen LogP contribution in [0.1, 0.15) is 6.42 Å². The molecule has 0 bridgehead atoms. The summed E-state index contributed by atoms with van der Waals surface area (Å²) in [6.07, 6.45) is 2.92. The van der Waals surface area contributed by atoms with Crippen LogP contribution in [0.4, 0.5) is 0 Å². The minimum absolute atomic E-state index is 0.762. The van der Waals surface area contributed by atoms with Gasteiger partial charge in [0.15, 0.2) is 0 Å². The molecule has 0 N–H and O–H groups in total. The Kier molecular flexibility index (Phi) is 5.73. The van der Waals surface area contributed by atoms with Crippen LogP contribution in [0.2, 0.25) is 14.8 Å². The molecule has 0 amide bonds. The van der Waals surface area contributed by atoms with Gasteiger partial charge in [-0.1, -0.05) is 0 Å². The molecule has 0 aliphatic carbocycles. The number of hydrogen-bond donors (Lipinski definition) is 0. The third-order valence-corrected chi connectivity index (χ3v) is 7.75. The summed E-state index contributed by atoms with van der Waals surface area (Å²) in [7, 11) is 4.15. The molecule has 0 saturated heterocycles. The molecule has 0 radical (unpaired) electrons. The van der Waals surface area contributed by atoms with Crippen LogP contribution < -0.4 is 8.45 Å². The van der Waals surface area contributed by atoms with Crippen LogP contribution in [0.25, 0.3) is 0 Å². The molecule has 3 nitrogen and oxygen atoms in total. The van der Waals surface area contributed by atoms with Gasteiger partial charge in [0.05, 0.1) is 0 Å². The van der Waals surface area contributed by atoms with Gasteiger partial charge in [-0.2, -0.15) is 0 Å². The molecule has 0 aromatic carbocycles. The van der Waals surface area contributed by atoms with E-state index in [1.807, 2.05) is 6.20 Å². The molecular weight excluding hydrogens is 319 g/mol. The molecular formula is C13H24N2OSn. The standard InChI is InChI=1S/C10H15N2O.3CH3.Sn/c1-12(2)7-4-8-13-10-5-3-6-11-9-10;;;;/h3,5,9H,4,7-8H2,1-2H3;3*1H3;. The van der Waals surface area contributed by atoms with E-state index in [0.717, 1.165) is 25.3 Å². The van der Waals surface area contributed by atoms with E-state index in [1.54, 1.807) is 0 Å². The first-order valence-electron chi connectivity index (χ1n) is 6.13. The van der Waals surface area contributed by atoms with Crippen molar-refractivity contribution in [2.75, 3.05) is 27.2 Å². The molecule has 0 aliphatic heterocycles. The number of aromatic nitrogens is 1. The molecule has 1 heterocycles. The zero-order valence-electron chi connectivity index (χ0n) is 11.7. The average molecular weight is 343 g/mol. The van der Waals surface area contributed by atoms with Crippen LogP contribution in [-0.4, -0.2) is 55.5 Å². The summed E-state index contributed by atoms with van der Waals surface area (Å²) in [4.78, 5) is 13.8. The molecule has 1 rings (SSSR count). The van der Waals surface area contributed by atoms with Crippen molar-refractivity contribution >= 4 is 22.1 Å². The van der Waals surface area contributed by atoms with Gasteiger partial charge in [0.2, 0.25) is 0 Å². The SMILES string of the molecule is CN(C)CCCOc1cc[c]([Sn]([CH3])([CH3])[CH3])nc1. The predicted molar refractivity (Wildman–Crippen MR) is 75.9 cm³/mol. The second-order valence-corrected chi connectivity index (χ2v) is 19.9. The Hall–Kier alpha value is -0.291. The average Bonchev–Trinajstić information content (AvgIpc) is 2.23. The number of nitrogens with zero attached hydrogens (tertiary/aromatic N) is 2. The van der Waals surface area contributed by atoms with E-state index in [0.29, 0.717) is 0 Å².